The molecule has 1 aromatic carbocycles. The molecular weight excluding hydrogens is 300 g/mol. The number of hydrogen-bond donors (Lipinski definition) is 0. The standard InChI is InChI=1S/C20H30N2O2/c1-20(2,3)24-19(23)22-13-7-10-18(22)17-9-6-8-16(14-17)15-21-11-4-5-12-21/h6,8-9,14,18H,4-5,7,10-13,15H2,1-3H3. The van der Waals surface area contributed by atoms with Crippen LogP contribution in [0.3, 0.4) is 0 Å². The van der Waals surface area contributed by atoms with Gasteiger partial charge in [-0.2, -0.15) is 0 Å². The predicted molar refractivity (Wildman–Crippen MR) is 95.9 cm³/mol. The maximum atomic E-state index is 12.5. The molecule has 0 spiro atoms. The second-order valence-corrected chi connectivity index (χ2v) is 8.06. The van der Waals surface area contributed by atoms with Gasteiger partial charge in [0.2, 0.25) is 0 Å². The van der Waals surface area contributed by atoms with Crippen molar-refractivity contribution in [1.82, 2.24) is 9.80 Å². The van der Waals surface area contributed by atoms with Crippen molar-refractivity contribution in [2.75, 3.05) is 19.6 Å². The van der Waals surface area contributed by atoms with E-state index in [9.17, 15) is 4.79 Å². The van der Waals surface area contributed by atoms with Crippen molar-refractivity contribution in [3.63, 3.8) is 0 Å². The molecular formula is C20H30N2O2. The van der Waals surface area contributed by atoms with Crippen LogP contribution in [0.4, 0.5) is 4.79 Å². The number of carbonyl (C=O) groups is 1. The third-order valence-electron chi connectivity index (χ3n) is 4.82. The number of amides is 1. The summed E-state index contributed by atoms with van der Waals surface area (Å²) in [5.41, 5.74) is 2.16. The number of hydrogen-bond acceptors (Lipinski definition) is 3. The maximum absolute atomic E-state index is 12.5. The van der Waals surface area contributed by atoms with Gasteiger partial charge in [0.05, 0.1) is 6.04 Å². The van der Waals surface area contributed by atoms with E-state index in [0.29, 0.717) is 0 Å². The zero-order valence-electron chi connectivity index (χ0n) is 15.3. The van der Waals surface area contributed by atoms with Gasteiger partial charge in [-0.25, -0.2) is 4.79 Å². The highest BCUT2D eigenvalue weighted by Crippen LogP contribution is 2.33. The van der Waals surface area contributed by atoms with Gasteiger partial charge in [0.15, 0.2) is 0 Å². The lowest BCUT2D eigenvalue weighted by atomic mass is 10.0. The summed E-state index contributed by atoms with van der Waals surface area (Å²) >= 11 is 0. The smallest absolute Gasteiger partial charge is 0.410 e. The van der Waals surface area contributed by atoms with Crippen LogP contribution in [-0.4, -0.2) is 41.1 Å². The molecule has 0 aromatic heterocycles. The van der Waals surface area contributed by atoms with E-state index in [4.69, 9.17) is 4.74 Å². The molecule has 0 aliphatic carbocycles. The molecule has 0 bridgehead atoms. The highest BCUT2D eigenvalue weighted by Gasteiger charge is 2.33. The molecule has 1 unspecified atom stereocenters. The minimum atomic E-state index is -0.443. The number of nitrogens with zero attached hydrogens (tertiary/aromatic N) is 2. The van der Waals surface area contributed by atoms with Crippen LogP contribution in [0.2, 0.25) is 0 Å². The van der Waals surface area contributed by atoms with E-state index in [1.807, 2.05) is 25.7 Å². The Labute approximate surface area is 145 Å². The van der Waals surface area contributed by atoms with Crippen LogP contribution in [-0.2, 0) is 11.3 Å². The van der Waals surface area contributed by atoms with Gasteiger partial charge in [0.25, 0.3) is 0 Å². The lowest BCUT2D eigenvalue weighted by molar-refractivity contribution is 0.0224. The van der Waals surface area contributed by atoms with E-state index in [1.54, 1.807) is 0 Å². The average molecular weight is 330 g/mol. The molecule has 1 amide bonds. The van der Waals surface area contributed by atoms with Gasteiger partial charge in [-0.05, 0) is 70.7 Å². The summed E-state index contributed by atoms with van der Waals surface area (Å²) in [7, 11) is 0. The molecule has 0 radical (unpaired) electrons. The lowest BCUT2D eigenvalue weighted by Crippen LogP contribution is -2.36. The Kier molecular flexibility index (Phi) is 5.14. The van der Waals surface area contributed by atoms with Gasteiger partial charge < -0.3 is 9.64 Å². The van der Waals surface area contributed by atoms with Crippen molar-refractivity contribution >= 4 is 6.09 Å². The maximum Gasteiger partial charge on any atom is 0.410 e. The molecule has 4 heteroatoms. The summed E-state index contributed by atoms with van der Waals surface area (Å²) in [6.07, 6.45) is 4.51. The molecule has 2 saturated heterocycles. The summed E-state index contributed by atoms with van der Waals surface area (Å²) in [4.78, 5) is 16.9. The first-order valence-corrected chi connectivity index (χ1v) is 9.23. The van der Waals surface area contributed by atoms with E-state index in [-0.39, 0.29) is 12.1 Å². The monoisotopic (exact) mass is 330 g/mol. The summed E-state index contributed by atoms with van der Waals surface area (Å²) in [6.45, 7) is 9.99. The van der Waals surface area contributed by atoms with Crippen molar-refractivity contribution in [3.05, 3.63) is 35.4 Å². The van der Waals surface area contributed by atoms with Crippen molar-refractivity contribution in [2.24, 2.45) is 0 Å². The first kappa shape index (κ1) is 17.3. The Balaban J connectivity index is 1.71. The van der Waals surface area contributed by atoms with Crippen LogP contribution in [0.15, 0.2) is 24.3 Å². The highest BCUT2D eigenvalue weighted by molar-refractivity contribution is 5.69. The topological polar surface area (TPSA) is 32.8 Å². The minimum Gasteiger partial charge on any atom is -0.444 e. The Morgan fingerprint density at radius 3 is 2.62 bits per heavy atom. The SMILES string of the molecule is CC(C)(C)OC(=O)N1CCCC1c1cccc(CN2CCCC2)c1. The fraction of sp³-hybridized carbons (Fsp3) is 0.650. The van der Waals surface area contributed by atoms with Crippen LogP contribution in [0.25, 0.3) is 0 Å². The molecule has 1 aromatic rings. The van der Waals surface area contributed by atoms with E-state index in [1.165, 1.54) is 37.1 Å². The van der Waals surface area contributed by atoms with E-state index < -0.39 is 5.60 Å². The van der Waals surface area contributed by atoms with Crippen LogP contribution >= 0.6 is 0 Å². The van der Waals surface area contributed by atoms with Gasteiger partial charge in [-0.1, -0.05) is 24.3 Å². The molecule has 132 valence electrons. The normalized spacial score (nSPS) is 22.1. The van der Waals surface area contributed by atoms with Crippen molar-refractivity contribution in [3.8, 4) is 0 Å². The first-order valence-electron chi connectivity index (χ1n) is 9.23. The molecule has 4 nitrogen and oxygen atoms in total. The first-order chi connectivity index (χ1) is 11.4. The zero-order chi connectivity index (χ0) is 17.2. The Morgan fingerprint density at radius 2 is 1.92 bits per heavy atom. The summed E-state index contributed by atoms with van der Waals surface area (Å²) in [6, 6.07) is 8.92. The van der Waals surface area contributed by atoms with Crippen LogP contribution in [0.1, 0.15) is 63.6 Å². The van der Waals surface area contributed by atoms with Gasteiger partial charge in [0, 0.05) is 13.1 Å². The molecule has 1 atom stereocenters. The van der Waals surface area contributed by atoms with Crippen LogP contribution < -0.4 is 0 Å². The van der Waals surface area contributed by atoms with Gasteiger partial charge in [0.1, 0.15) is 5.60 Å². The van der Waals surface area contributed by atoms with Crippen molar-refractivity contribution in [1.29, 1.82) is 0 Å². The summed E-state index contributed by atoms with van der Waals surface area (Å²) in [5.74, 6) is 0. The van der Waals surface area contributed by atoms with Crippen LogP contribution in [0, 0.1) is 0 Å². The molecule has 2 fully saturated rings. The van der Waals surface area contributed by atoms with Gasteiger partial charge >= 0.3 is 6.09 Å². The van der Waals surface area contributed by atoms with E-state index >= 15 is 0 Å². The quantitative estimate of drug-likeness (QED) is 0.826. The second kappa shape index (κ2) is 7.14. The Hall–Kier alpha value is -1.55. The molecule has 2 heterocycles. The molecule has 3 rings (SSSR count). The van der Waals surface area contributed by atoms with Crippen molar-refractivity contribution in [2.45, 2.75) is 64.6 Å². The molecule has 2 aliphatic rings. The fourth-order valence-corrected chi connectivity index (χ4v) is 3.75. The summed E-state index contributed by atoms with van der Waals surface area (Å²) < 4.78 is 5.59. The van der Waals surface area contributed by atoms with E-state index in [2.05, 4.69) is 29.2 Å². The Bertz CT molecular complexity index is 573. The molecule has 0 saturated carbocycles. The molecule has 0 N–H and O–H groups in total. The summed E-state index contributed by atoms with van der Waals surface area (Å²) in [5, 5.41) is 0. The largest absolute Gasteiger partial charge is 0.444 e. The lowest BCUT2D eigenvalue weighted by Gasteiger charge is -2.29. The van der Waals surface area contributed by atoms with E-state index in [0.717, 1.165) is 25.9 Å². The third kappa shape index (κ3) is 4.29. The number of ether oxygens (including phenoxy) is 1. The average Bonchev–Trinajstić information content (AvgIpc) is 3.16. The number of rotatable bonds is 3. The third-order valence-corrected chi connectivity index (χ3v) is 4.82. The molecule has 2 aliphatic heterocycles. The fourth-order valence-electron chi connectivity index (χ4n) is 3.75. The predicted octanol–water partition coefficient (Wildman–Crippen LogP) is 4.35. The highest BCUT2D eigenvalue weighted by atomic mass is 16.6. The van der Waals surface area contributed by atoms with Gasteiger partial charge in [-0.3, -0.25) is 4.90 Å². The number of carbonyl (C=O) groups excluding carboxylic acids is 1. The second-order valence-electron chi connectivity index (χ2n) is 8.06. The number of benzene rings is 1. The van der Waals surface area contributed by atoms with Gasteiger partial charge in [-0.15, -0.1) is 0 Å². The zero-order valence-corrected chi connectivity index (χ0v) is 15.3. The van der Waals surface area contributed by atoms with Crippen LogP contribution in [0.5, 0.6) is 0 Å². The number of likely N-dealkylation sites (tertiary alicyclic amines) is 2. The van der Waals surface area contributed by atoms with Crippen molar-refractivity contribution < 1.29 is 9.53 Å². The Morgan fingerprint density at radius 1 is 1.17 bits per heavy atom. The minimum absolute atomic E-state index is 0.151. The molecule has 24 heavy (non-hydrogen) atoms.